The Labute approximate surface area is 511 Å². The fraction of sp³-hybridized carbons (Fsp3) is 0.855. The summed E-state index contributed by atoms with van der Waals surface area (Å²) >= 11 is 0. The zero-order valence-corrected chi connectivity index (χ0v) is 55.3. The van der Waals surface area contributed by atoms with Gasteiger partial charge in [0, 0.05) is 19.3 Å². The number of hydrogen-bond acceptors (Lipinski definition) is 6. The lowest BCUT2D eigenvalue weighted by atomic mass is 10.0. The third-order valence-electron chi connectivity index (χ3n) is 16.6. The van der Waals surface area contributed by atoms with Gasteiger partial charge in [0.1, 0.15) is 13.2 Å². The summed E-state index contributed by atoms with van der Waals surface area (Å²) in [6.45, 7) is 6.57. The van der Waals surface area contributed by atoms with E-state index >= 15 is 0 Å². The van der Waals surface area contributed by atoms with Crippen molar-refractivity contribution in [3.05, 3.63) is 48.6 Å². The van der Waals surface area contributed by atoms with Crippen LogP contribution < -0.4 is 0 Å². The summed E-state index contributed by atoms with van der Waals surface area (Å²) < 4.78 is 17.0. The van der Waals surface area contributed by atoms with E-state index in [4.69, 9.17) is 14.2 Å². The molecule has 0 N–H and O–H groups in total. The zero-order chi connectivity index (χ0) is 59.2. The Balaban J connectivity index is 4.26. The van der Waals surface area contributed by atoms with Crippen molar-refractivity contribution in [1.82, 2.24) is 0 Å². The summed E-state index contributed by atoms with van der Waals surface area (Å²) in [7, 11) is 0. The van der Waals surface area contributed by atoms with Gasteiger partial charge in [-0.1, -0.05) is 371 Å². The van der Waals surface area contributed by atoms with Gasteiger partial charge in [0.2, 0.25) is 0 Å². The lowest BCUT2D eigenvalue weighted by Crippen LogP contribution is -2.30. The molecular formula is C76H140O6. The summed E-state index contributed by atoms with van der Waals surface area (Å²) in [5, 5.41) is 0. The second kappa shape index (κ2) is 70.9. The van der Waals surface area contributed by atoms with Gasteiger partial charge < -0.3 is 14.2 Å². The molecule has 0 amide bonds. The fourth-order valence-electron chi connectivity index (χ4n) is 11.1. The van der Waals surface area contributed by atoms with Crippen molar-refractivity contribution in [2.45, 2.75) is 406 Å². The first-order chi connectivity index (χ1) is 40.5. The quantitative estimate of drug-likeness (QED) is 0.0261. The average molecular weight is 1150 g/mol. The fourth-order valence-corrected chi connectivity index (χ4v) is 11.1. The van der Waals surface area contributed by atoms with Crippen LogP contribution in [0.5, 0.6) is 0 Å². The molecule has 0 heterocycles. The lowest BCUT2D eigenvalue weighted by molar-refractivity contribution is -0.167. The van der Waals surface area contributed by atoms with Crippen molar-refractivity contribution >= 4 is 17.9 Å². The van der Waals surface area contributed by atoms with Gasteiger partial charge in [0.25, 0.3) is 0 Å². The van der Waals surface area contributed by atoms with Crippen LogP contribution in [0.25, 0.3) is 0 Å². The van der Waals surface area contributed by atoms with Gasteiger partial charge in [0.15, 0.2) is 6.10 Å². The molecule has 1 unspecified atom stereocenters. The number of hydrogen-bond donors (Lipinski definition) is 0. The molecule has 0 rings (SSSR count). The van der Waals surface area contributed by atoms with Gasteiger partial charge in [-0.15, -0.1) is 0 Å². The van der Waals surface area contributed by atoms with Crippen molar-refractivity contribution in [1.29, 1.82) is 0 Å². The molecular weight excluding hydrogens is 1010 g/mol. The highest BCUT2D eigenvalue weighted by molar-refractivity contribution is 5.71. The summed E-state index contributed by atoms with van der Waals surface area (Å²) in [5.41, 5.74) is 0. The maximum absolute atomic E-state index is 13.0. The second-order valence-electron chi connectivity index (χ2n) is 24.8. The van der Waals surface area contributed by atoms with Crippen LogP contribution in [0.3, 0.4) is 0 Å². The summed E-state index contributed by atoms with van der Waals surface area (Å²) in [6.07, 6.45) is 90.2. The summed E-state index contributed by atoms with van der Waals surface area (Å²) in [4.78, 5) is 38.5. The molecule has 0 saturated carbocycles. The van der Waals surface area contributed by atoms with Gasteiger partial charge in [0.05, 0.1) is 0 Å². The average Bonchev–Trinajstić information content (AvgIpc) is 3.48. The third kappa shape index (κ3) is 68.2. The van der Waals surface area contributed by atoms with Crippen molar-refractivity contribution in [2.24, 2.45) is 0 Å². The third-order valence-corrected chi connectivity index (χ3v) is 16.6. The molecule has 82 heavy (non-hydrogen) atoms. The van der Waals surface area contributed by atoms with Gasteiger partial charge in [-0.2, -0.15) is 0 Å². The van der Waals surface area contributed by atoms with Gasteiger partial charge in [-0.25, -0.2) is 0 Å². The van der Waals surface area contributed by atoms with Crippen LogP contribution in [-0.2, 0) is 28.6 Å². The smallest absolute Gasteiger partial charge is 0.306 e. The predicted octanol–water partition coefficient (Wildman–Crippen LogP) is 25.3. The Bertz CT molecular complexity index is 1410. The van der Waals surface area contributed by atoms with E-state index in [2.05, 4.69) is 69.4 Å². The van der Waals surface area contributed by atoms with E-state index in [1.165, 1.54) is 276 Å². The molecule has 480 valence electrons. The summed E-state index contributed by atoms with van der Waals surface area (Å²) in [6, 6.07) is 0. The van der Waals surface area contributed by atoms with Gasteiger partial charge >= 0.3 is 17.9 Å². The number of ether oxygens (including phenoxy) is 3. The maximum atomic E-state index is 13.0. The predicted molar refractivity (Wildman–Crippen MR) is 358 cm³/mol. The first-order valence-electron chi connectivity index (χ1n) is 36.6. The number of carbonyl (C=O) groups excluding carboxylic acids is 3. The van der Waals surface area contributed by atoms with Gasteiger partial charge in [-0.3, -0.25) is 14.4 Å². The molecule has 6 heteroatoms. The molecule has 6 nitrogen and oxygen atoms in total. The number of carbonyl (C=O) groups is 3. The first-order valence-corrected chi connectivity index (χ1v) is 36.6. The van der Waals surface area contributed by atoms with Crippen LogP contribution in [0.4, 0.5) is 0 Å². The molecule has 0 aromatic carbocycles. The molecule has 0 saturated heterocycles. The maximum Gasteiger partial charge on any atom is 0.306 e. The SMILES string of the molecule is CC/C=C\C/C=C\C/C=C\C/C=C\CCCCC(=O)OCC(COC(=O)CCCCCCCCCCCCCCCCCCCCCCCCCCC)OC(=O)CCCCCCCCCCCCCCCCCCCCCCCCCC. The van der Waals surface area contributed by atoms with Crippen molar-refractivity contribution in [3.63, 3.8) is 0 Å². The molecule has 0 aliphatic carbocycles. The van der Waals surface area contributed by atoms with E-state index in [1.807, 2.05) is 0 Å². The Hall–Kier alpha value is -2.63. The van der Waals surface area contributed by atoms with Crippen LogP contribution in [-0.4, -0.2) is 37.2 Å². The van der Waals surface area contributed by atoms with E-state index in [0.717, 1.165) is 83.5 Å². The van der Waals surface area contributed by atoms with E-state index in [1.54, 1.807) is 0 Å². The number of rotatable bonds is 68. The first kappa shape index (κ1) is 79.4. The molecule has 0 radical (unpaired) electrons. The lowest BCUT2D eigenvalue weighted by Gasteiger charge is -2.18. The van der Waals surface area contributed by atoms with E-state index in [9.17, 15) is 14.4 Å². The van der Waals surface area contributed by atoms with Crippen LogP contribution in [0.15, 0.2) is 48.6 Å². The Kier molecular flexibility index (Phi) is 68.6. The monoisotopic (exact) mass is 1150 g/mol. The molecule has 1 atom stereocenters. The van der Waals surface area contributed by atoms with Crippen LogP contribution in [0, 0.1) is 0 Å². The molecule has 0 aromatic rings. The Morgan fingerprint density at radius 1 is 0.256 bits per heavy atom. The van der Waals surface area contributed by atoms with Crippen molar-refractivity contribution in [2.75, 3.05) is 13.2 Å². The minimum Gasteiger partial charge on any atom is -0.462 e. The number of esters is 3. The van der Waals surface area contributed by atoms with E-state index in [0.29, 0.717) is 19.3 Å². The minimum absolute atomic E-state index is 0.0808. The largest absolute Gasteiger partial charge is 0.462 e. The minimum atomic E-state index is -0.789. The van der Waals surface area contributed by atoms with Crippen molar-refractivity contribution in [3.8, 4) is 0 Å². The van der Waals surface area contributed by atoms with E-state index in [-0.39, 0.29) is 31.1 Å². The topological polar surface area (TPSA) is 78.9 Å². The number of unbranched alkanes of at least 4 members (excludes halogenated alkanes) is 49. The normalized spacial score (nSPS) is 12.3. The number of allylic oxidation sites excluding steroid dienone is 8. The molecule has 0 aliphatic rings. The molecule has 0 fully saturated rings. The standard InChI is InChI=1S/C76H140O6/c1-4-7-10-13-16-19-22-25-28-30-32-34-36-38-40-41-43-45-48-51-54-57-60-63-66-69-75(78)81-72-73(71-80-74(77)68-65-62-59-56-53-50-47-27-24-21-18-15-12-9-6-3)82-76(79)70-67-64-61-58-55-52-49-46-44-42-39-37-35-33-31-29-26-23-20-17-14-11-8-5-2/h9,12,18,21,27,47,53,56,73H,4-8,10-11,13-17,19-20,22-26,28-46,48-52,54-55,57-72H2,1-3H3/b12-9-,21-18-,47-27-,56-53-. The summed E-state index contributed by atoms with van der Waals surface area (Å²) in [5.74, 6) is -0.894. The molecule has 0 bridgehead atoms. The highest BCUT2D eigenvalue weighted by atomic mass is 16.6. The molecule has 0 aliphatic heterocycles. The van der Waals surface area contributed by atoms with Crippen molar-refractivity contribution < 1.29 is 28.6 Å². The second-order valence-corrected chi connectivity index (χ2v) is 24.8. The Morgan fingerprint density at radius 3 is 0.744 bits per heavy atom. The van der Waals surface area contributed by atoms with Crippen LogP contribution in [0.2, 0.25) is 0 Å². The highest BCUT2D eigenvalue weighted by Crippen LogP contribution is 2.19. The molecule has 0 aromatic heterocycles. The highest BCUT2D eigenvalue weighted by Gasteiger charge is 2.19. The Morgan fingerprint density at radius 2 is 0.476 bits per heavy atom. The van der Waals surface area contributed by atoms with Crippen LogP contribution in [0.1, 0.15) is 400 Å². The zero-order valence-electron chi connectivity index (χ0n) is 55.3. The van der Waals surface area contributed by atoms with Gasteiger partial charge in [-0.05, 0) is 57.8 Å². The molecule has 0 spiro atoms. The van der Waals surface area contributed by atoms with E-state index < -0.39 is 6.10 Å². The van der Waals surface area contributed by atoms with Crippen LogP contribution >= 0.6 is 0 Å².